The fourth-order valence-electron chi connectivity index (χ4n) is 2.62. The Kier molecular flexibility index (Phi) is 3.83. The molecule has 1 amide bonds. The van der Waals surface area contributed by atoms with Gasteiger partial charge in [0.1, 0.15) is 5.69 Å². The number of nitrogens with one attached hydrogen (secondary N) is 1. The van der Waals surface area contributed by atoms with Crippen molar-refractivity contribution in [3.8, 4) is 0 Å². The maximum atomic E-state index is 12.4. The molecule has 0 radical (unpaired) electrons. The van der Waals surface area contributed by atoms with E-state index in [0.29, 0.717) is 17.3 Å². The molecule has 1 aromatic heterocycles. The number of pyridine rings is 1. The lowest BCUT2D eigenvalue weighted by Gasteiger charge is -2.34. The highest BCUT2D eigenvalue weighted by Crippen LogP contribution is 2.24. The van der Waals surface area contributed by atoms with Crippen molar-refractivity contribution in [1.82, 2.24) is 10.3 Å². The smallest absolute Gasteiger partial charge is 0.270 e. The molecule has 4 nitrogen and oxygen atoms in total. The van der Waals surface area contributed by atoms with Crippen molar-refractivity contribution in [3.63, 3.8) is 0 Å². The van der Waals surface area contributed by atoms with E-state index in [2.05, 4.69) is 10.3 Å². The Balaban J connectivity index is 1.87. The molecular formula is C16H17ClN2O2. The fourth-order valence-corrected chi connectivity index (χ4v) is 2.88. The minimum Gasteiger partial charge on any atom is -0.379 e. The number of carbonyl (C=O) groups is 1. The van der Waals surface area contributed by atoms with E-state index in [1.54, 1.807) is 6.07 Å². The number of para-hydroxylation sites is 1. The summed E-state index contributed by atoms with van der Waals surface area (Å²) in [6.07, 6.45) is 1.85. The van der Waals surface area contributed by atoms with Gasteiger partial charge in [0.2, 0.25) is 0 Å². The number of nitrogens with zero attached hydrogens (tertiary/aromatic N) is 1. The van der Waals surface area contributed by atoms with Crippen molar-refractivity contribution in [2.24, 2.45) is 0 Å². The normalized spacial score (nSPS) is 22.2. The zero-order valence-electron chi connectivity index (χ0n) is 11.9. The predicted octanol–water partition coefficient (Wildman–Crippen LogP) is 3.19. The van der Waals surface area contributed by atoms with Crippen molar-refractivity contribution >= 4 is 28.4 Å². The first-order valence-electron chi connectivity index (χ1n) is 7.03. The van der Waals surface area contributed by atoms with Gasteiger partial charge in [0.15, 0.2) is 0 Å². The molecule has 1 aliphatic rings. The summed E-state index contributed by atoms with van der Waals surface area (Å²) in [5, 5.41) is 4.41. The van der Waals surface area contributed by atoms with Crippen molar-refractivity contribution in [3.05, 3.63) is 41.0 Å². The highest BCUT2D eigenvalue weighted by molar-refractivity contribution is 6.35. The van der Waals surface area contributed by atoms with Crippen LogP contribution in [0.3, 0.4) is 0 Å². The van der Waals surface area contributed by atoms with Gasteiger partial charge >= 0.3 is 0 Å². The molecule has 2 aromatic rings. The maximum Gasteiger partial charge on any atom is 0.270 e. The first-order valence-corrected chi connectivity index (χ1v) is 7.41. The largest absolute Gasteiger partial charge is 0.379 e. The van der Waals surface area contributed by atoms with Gasteiger partial charge in [-0.15, -0.1) is 0 Å². The minimum atomic E-state index is -0.338. The highest BCUT2D eigenvalue weighted by Gasteiger charge is 2.30. The molecular weight excluding hydrogens is 288 g/mol. The van der Waals surface area contributed by atoms with E-state index >= 15 is 0 Å². The number of amides is 1. The van der Waals surface area contributed by atoms with Gasteiger partial charge in [0, 0.05) is 12.0 Å². The number of hydrogen-bond donors (Lipinski definition) is 1. The summed E-state index contributed by atoms with van der Waals surface area (Å²) in [7, 11) is 0. The van der Waals surface area contributed by atoms with Crippen molar-refractivity contribution < 1.29 is 9.53 Å². The van der Waals surface area contributed by atoms with Crippen LogP contribution in [0.4, 0.5) is 0 Å². The maximum absolute atomic E-state index is 12.4. The Morgan fingerprint density at radius 1 is 1.43 bits per heavy atom. The molecule has 1 unspecified atom stereocenters. The van der Waals surface area contributed by atoms with Crippen LogP contribution < -0.4 is 5.32 Å². The van der Waals surface area contributed by atoms with Crippen LogP contribution in [0.1, 0.15) is 30.3 Å². The Labute approximate surface area is 128 Å². The van der Waals surface area contributed by atoms with Gasteiger partial charge in [-0.2, -0.15) is 0 Å². The van der Waals surface area contributed by atoms with E-state index < -0.39 is 0 Å². The summed E-state index contributed by atoms with van der Waals surface area (Å²) in [6, 6.07) is 9.14. The lowest BCUT2D eigenvalue weighted by atomic mass is 9.94. The van der Waals surface area contributed by atoms with E-state index in [9.17, 15) is 4.79 Å². The molecule has 1 aliphatic heterocycles. The Morgan fingerprint density at radius 3 is 3.00 bits per heavy atom. The van der Waals surface area contributed by atoms with Crippen molar-refractivity contribution in [1.29, 1.82) is 0 Å². The number of fused-ring (bicyclic) bond motifs is 1. The SMILES string of the molecule is CC1(NC(=O)c2cc(Cl)c3ccccc3n2)CCCOC1. The number of benzene rings is 1. The summed E-state index contributed by atoms with van der Waals surface area (Å²) < 4.78 is 5.45. The number of halogens is 1. The average molecular weight is 305 g/mol. The number of carbonyl (C=O) groups excluding carboxylic acids is 1. The second kappa shape index (κ2) is 5.62. The summed E-state index contributed by atoms with van der Waals surface area (Å²) in [5.74, 6) is -0.212. The van der Waals surface area contributed by atoms with Gasteiger partial charge in [-0.3, -0.25) is 4.79 Å². The zero-order chi connectivity index (χ0) is 14.9. The molecule has 0 spiro atoms. The first kappa shape index (κ1) is 14.3. The van der Waals surface area contributed by atoms with Crippen LogP contribution in [-0.4, -0.2) is 29.6 Å². The molecule has 1 saturated heterocycles. The Hall–Kier alpha value is -1.65. The first-order chi connectivity index (χ1) is 10.1. The van der Waals surface area contributed by atoms with Crippen LogP contribution in [0.25, 0.3) is 10.9 Å². The fraction of sp³-hybridized carbons (Fsp3) is 0.375. The molecule has 21 heavy (non-hydrogen) atoms. The van der Waals surface area contributed by atoms with Crippen LogP contribution in [0.5, 0.6) is 0 Å². The van der Waals surface area contributed by atoms with Crippen LogP contribution in [-0.2, 0) is 4.74 Å². The summed E-state index contributed by atoms with van der Waals surface area (Å²) in [4.78, 5) is 16.8. The number of hydrogen-bond acceptors (Lipinski definition) is 3. The van der Waals surface area contributed by atoms with E-state index in [4.69, 9.17) is 16.3 Å². The third-order valence-electron chi connectivity index (χ3n) is 3.75. The molecule has 0 saturated carbocycles. The zero-order valence-corrected chi connectivity index (χ0v) is 12.6. The van der Waals surface area contributed by atoms with Crippen molar-refractivity contribution in [2.75, 3.05) is 13.2 Å². The van der Waals surface area contributed by atoms with Crippen LogP contribution in [0, 0.1) is 0 Å². The lowest BCUT2D eigenvalue weighted by Crippen LogP contribution is -2.51. The molecule has 1 N–H and O–H groups in total. The van der Waals surface area contributed by atoms with Crippen LogP contribution >= 0.6 is 11.6 Å². The topological polar surface area (TPSA) is 51.2 Å². The van der Waals surface area contributed by atoms with Crippen molar-refractivity contribution in [2.45, 2.75) is 25.3 Å². The van der Waals surface area contributed by atoms with Gasteiger partial charge in [0.25, 0.3) is 5.91 Å². The number of rotatable bonds is 2. The molecule has 0 aliphatic carbocycles. The molecule has 5 heteroatoms. The number of ether oxygens (including phenoxy) is 1. The van der Waals surface area contributed by atoms with Gasteiger partial charge in [-0.25, -0.2) is 4.98 Å². The Morgan fingerprint density at radius 2 is 2.24 bits per heavy atom. The molecule has 1 fully saturated rings. The van der Waals surface area contributed by atoms with Crippen LogP contribution in [0.2, 0.25) is 5.02 Å². The molecule has 2 heterocycles. The number of aromatic nitrogens is 1. The van der Waals surface area contributed by atoms with Gasteiger partial charge < -0.3 is 10.1 Å². The summed E-state index contributed by atoms with van der Waals surface area (Å²) in [6.45, 7) is 3.28. The Bertz CT molecular complexity index is 681. The van der Waals surface area contributed by atoms with Crippen LogP contribution in [0.15, 0.2) is 30.3 Å². The third kappa shape index (κ3) is 3.01. The molecule has 110 valence electrons. The highest BCUT2D eigenvalue weighted by atomic mass is 35.5. The quantitative estimate of drug-likeness (QED) is 0.927. The summed E-state index contributed by atoms with van der Waals surface area (Å²) >= 11 is 6.24. The lowest BCUT2D eigenvalue weighted by molar-refractivity contribution is 0.0271. The molecule has 0 bridgehead atoms. The van der Waals surface area contributed by atoms with E-state index in [0.717, 1.165) is 30.4 Å². The van der Waals surface area contributed by atoms with Gasteiger partial charge in [-0.05, 0) is 31.9 Å². The predicted molar refractivity (Wildman–Crippen MR) is 82.7 cm³/mol. The van der Waals surface area contributed by atoms with Gasteiger partial charge in [0.05, 0.1) is 22.7 Å². The standard InChI is InChI=1S/C16H17ClN2O2/c1-16(7-4-8-21-10-16)19-15(20)14-9-12(17)11-5-2-3-6-13(11)18-14/h2-3,5-6,9H,4,7-8,10H2,1H3,(H,19,20). The summed E-state index contributed by atoms with van der Waals surface area (Å²) in [5.41, 5.74) is 0.723. The monoisotopic (exact) mass is 304 g/mol. The minimum absolute atomic E-state index is 0.212. The average Bonchev–Trinajstić information content (AvgIpc) is 2.47. The van der Waals surface area contributed by atoms with E-state index in [1.165, 1.54) is 0 Å². The van der Waals surface area contributed by atoms with E-state index in [1.807, 2.05) is 31.2 Å². The van der Waals surface area contributed by atoms with E-state index in [-0.39, 0.29) is 11.4 Å². The molecule has 1 atom stereocenters. The molecule has 1 aromatic carbocycles. The third-order valence-corrected chi connectivity index (χ3v) is 4.06. The second-order valence-electron chi connectivity index (χ2n) is 5.68. The molecule has 3 rings (SSSR count). The van der Waals surface area contributed by atoms with Gasteiger partial charge in [-0.1, -0.05) is 29.8 Å². The second-order valence-corrected chi connectivity index (χ2v) is 6.08.